The van der Waals surface area contributed by atoms with Crippen LogP contribution >= 0.6 is 0 Å². The molecule has 2 aromatic carbocycles. The lowest BCUT2D eigenvalue weighted by Crippen LogP contribution is -2.19. The lowest BCUT2D eigenvalue weighted by Gasteiger charge is -2.07. The van der Waals surface area contributed by atoms with Gasteiger partial charge in [0.1, 0.15) is 18.1 Å². The number of hydrogen-bond donors (Lipinski definition) is 3. The van der Waals surface area contributed by atoms with Gasteiger partial charge in [-0.05, 0) is 48.2 Å². The Hall–Kier alpha value is -3.42. The number of nitrogens with two attached hydrogens (primary N) is 1. The number of amides is 2. The molecule has 2 rings (SSSR count). The van der Waals surface area contributed by atoms with Gasteiger partial charge in [0.15, 0.2) is 0 Å². The number of carboxylic acid groups (broad SMARTS) is 1. The van der Waals surface area contributed by atoms with Crippen molar-refractivity contribution in [2.24, 2.45) is 5.73 Å². The van der Waals surface area contributed by atoms with E-state index in [1.165, 1.54) is 89.9 Å². The highest BCUT2D eigenvalue weighted by Crippen LogP contribution is 2.15. The third kappa shape index (κ3) is 23.1. The molecule has 0 aromatic heterocycles. The van der Waals surface area contributed by atoms with E-state index in [0.29, 0.717) is 6.54 Å². The van der Waals surface area contributed by atoms with Crippen LogP contribution in [0.2, 0.25) is 0 Å². The molecule has 0 bridgehead atoms. The molecular formula is C36H58N2O6. The summed E-state index contributed by atoms with van der Waals surface area (Å²) in [5.41, 5.74) is 6.76. The fourth-order valence-electron chi connectivity index (χ4n) is 4.57. The maximum Gasteiger partial charge on any atom is 0.404 e. The van der Waals surface area contributed by atoms with Crippen LogP contribution in [0.15, 0.2) is 48.5 Å². The predicted molar refractivity (Wildman–Crippen MR) is 178 cm³/mol. The van der Waals surface area contributed by atoms with Crippen molar-refractivity contribution >= 4 is 12.2 Å². The van der Waals surface area contributed by atoms with E-state index in [1.807, 2.05) is 48.5 Å². The number of benzene rings is 2. The first kappa shape index (κ1) is 38.6. The first-order valence-electron chi connectivity index (χ1n) is 16.8. The second-order valence-electron chi connectivity index (χ2n) is 11.2. The zero-order chi connectivity index (χ0) is 32.1. The molecule has 4 N–H and O–H groups in total. The monoisotopic (exact) mass is 614 g/mol. The van der Waals surface area contributed by atoms with Crippen LogP contribution < -0.4 is 20.5 Å². The van der Waals surface area contributed by atoms with Crippen LogP contribution in [0.25, 0.3) is 0 Å². The van der Waals surface area contributed by atoms with Gasteiger partial charge in [0.25, 0.3) is 0 Å². The third-order valence-electron chi connectivity index (χ3n) is 7.20. The van der Waals surface area contributed by atoms with E-state index in [2.05, 4.69) is 19.2 Å². The molecule has 8 nitrogen and oxygen atoms in total. The molecule has 0 aliphatic carbocycles. The van der Waals surface area contributed by atoms with E-state index in [1.54, 1.807) is 0 Å². The molecule has 0 saturated heterocycles. The third-order valence-corrected chi connectivity index (χ3v) is 7.20. The second-order valence-corrected chi connectivity index (χ2v) is 11.2. The van der Waals surface area contributed by atoms with Crippen LogP contribution in [0, 0.1) is 0 Å². The van der Waals surface area contributed by atoms with E-state index in [-0.39, 0.29) is 6.61 Å². The molecule has 248 valence electrons. The summed E-state index contributed by atoms with van der Waals surface area (Å²) < 4.78 is 16.1. The lowest BCUT2D eigenvalue weighted by atomic mass is 10.1. The summed E-state index contributed by atoms with van der Waals surface area (Å²) in [5, 5.41) is 10.9. The Morgan fingerprint density at radius 1 is 0.614 bits per heavy atom. The van der Waals surface area contributed by atoms with Crippen LogP contribution in [0.5, 0.6) is 11.5 Å². The maximum atomic E-state index is 10.5. The van der Waals surface area contributed by atoms with Crippen LogP contribution in [-0.2, 0) is 17.9 Å². The molecule has 0 heterocycles. The quantitative estimate of drug-likeness (QED) is 0.101. The Bertz CT molecular complexity index is 886. The van der Waals surface area contributed by atoms with E-state index >= 15 is 0 Å². The van der Waals surface area contributed by atoms with Crippen molar-refractivity contribution in [3.63, 3.8) is 0 Å². The average molecular weight is 615 g/mol. The fraction of sp³-hybridized carbons (Fsp3) is 0.611. The number of carbonyl (C=O) groups is 2. The fourth-order valence-corrected chi connectivity index (χ4v) is 4.57. The highest BCUT2D eigenvalue weighted by Gasteiger charge is 2.00. The molecule has 2 amide bonds. The van der Waals surface area contributed by atoms with Gasteiger partial charge < -0.3 is 30.4 Å². The molecule has 2 aromatic rings. The van der Waals surface area contributed by atoms with Gasteiger partial charge >= 0.3 is 12.2 Å². The van der Waals surface area contributed by atoms with E-state index in [0.717, 1.165) is 48.7 Å². The standard InChI is InChI=1S/2C18H29NO3/c1-2-3-4-5-6-7-8-9-14-21-17-12-10-16(11-13-17)15-22-18(19)20;1-2-3-4-5-6-7-8-9-14-22-17-12-10-16(11-13-17)15-19-18(20)21/h10-13H,2-9,14-15H2,1H3,(H2,19,20);10-13,19H,2-9,14-15H2,1H3,(H,20,21). The number of primary amides is 1. The molecular weight excluding hydrogens is 556 g/mol. The Kier molecular flexibility index (Phi) is 23.8. The normalized spacial score (nSPS) is 10.4. The highest BCUT2D eigenvalue weighted by molar-refractivity contribution is 5.64. The topological polar surface area (TPSA) is 120 Å². The van der Waals surface area contributed by atoms with Crippen LogP contribution in [0.1, 0.15) is 128 Å². The average Bonchev–Trinajstić information content (AvgIpc) is 3.02. The molecule has 0 aliphatic rings. The van der Waals surface area contributed by atoms with Crippen molar-refractivity contribution in [3.8, 4) is 11.5 Å². The summed E-state index contributed by atoms with van der Waals surface area (Å²) in [6.07, 6.45) is 19.0. The molecule has 0 atom stereocenters. The summed E-state index contributed by atoms with van der Waals surface area (Å²) in [6, 6.07) is 15.1. The Morgan fingerprint density at radius 3 is 1.39 bits per heavy atom. The number of hydrogen-bond acceptors (Lipinski definition) is 5. The zero-order valence-electron chi connectivity index (χ0n) is 27.3. The molecule has 44 heavy (non-hydrogen) atoms. The molecule has 0 radical (unpaired) electrons. The van der Waals surface area contributed by atoms with Crippen LogP contribution in [0.4, 0.5) is 9.59 Å². The molecule has 8 heteroatoms. The SMILES string of the molecule is CCCCCCCCCCOc1ccc(CNC(=O)O)cc1.CCCCCCCCCCOc1ccc(COC(N)=O)cc1. The van der Waals surface area contributed by atoms with E-state index in [9.17, 15) is 9.59 Å². The molecule has 0 unspecified atom stereocenters. The van der Waals surface area contributed by atoms with Gasteiger partial charge in [-0.25, -0.2) is 9.59 Å². The van der Waals surface area contributed by atoms with Gasteiger partial charge in [-0.2, -0.15) is 0 Å². The predicted octanol–water partition coefficient (Wildman–Crippen LogP) is 9.78. The molecule has 0 spiro atoms. The highest BCUT2D eigenvalue weighted by atomic mass is 16.5. The Morgan fingerprint density at radius 2 is 1.00 bits per heavy atom. The van der Waals surface area contributed by atoms with Crippen LogP contribution in [-0.4, -0.2) is 30.5 Å². The van der Waals surface area contributed by atoms with Crippen molar-refractivity contribution in [2.75, 3.05) is 13.2 Å². The lowest BCUT2D eigenvalue weighted by molar-refractivity contribution is 0.150. The number of carbonyl (C=O) groups excluding carboxylic acids is 1. The van der Waals surface area contributed by atoms with Gasteiger partial charge in [-0.1, -0.05) is 128 Å². The summed E-state index contributed by atoms with van der Waals surface area (Å²) in [4.78, 5) is 20.9. The number of nitrogens with one attached hydrogen (secondary N) is 1. The van der Waals surface area contributed by atoms with Gasteiger partial charge in [0.2, 0.25) is 0 Å². The minimum Gasteiger partial charge on any atom is -0.494 e. The van der Waals surface area contributed by atoms with Gasteiger partial charge in [0, 0.05) is 6.54 Å². The van der Waals surface area contributed by atoms with Crippen molar-refractivity contribution in [2.45, 2.75) is 130 Å². The Balaban J connectivity index is 0.000000440. The van der Waals surface area contributed by atoms with Crippen molar-refractivity contribution < 1.29 is 28.9 Å². The van der Waals surface area contributed by atoms with Gasteiger partial charge in [0.05, 0.1) is 13.2 Å². The Labute approximate surface area is 266 Å². The van der Waals surface area contributed by atoms with Crippen molar-refractivity contribution in [1.82, 2.24) is 5.32 Å². The molecule has 0 fully saturated rings. The first-order valence-corrected chi connectivity index (χ1v) is 16.8. The first-order chi connectivity index (χ1) is 21.4. The molecule has 0 aliphatic heterocycles. The van der Waals surface area contributed by atoms with E-state index in [4.69, 9.17) is 25.1 Å². The van der Waals surface area contributed by atoms with E-state index < -0.39 is 12.2 Å². The summed E-state index contributed by atoms with van der Waals surface area (Å²) in [5.74, 6) is 1.70. The number of ether oxygens (including phenoxy) is 3. The second kappa shape index (κ2) is 27.2. The van der Waals surface area contributed by atoms with Crippen LogP contribution in [0.3, 0.4) is 0 Å². The number of rotatable bonds is 24. The van der Waals surface area contributed by atoms with Crippen molar-refractivity contribution in [1.29, 1.82) is 0 Å². The minimum atomic E-state index is -1.00. The summed E-state index contributed by atoms with van der Waals surface area (Å²) >= 11 is 0. The number of unbranched alkanes of at least 4 members (excludes halogenated alkanes) is 14. The summed E-state index contributed by atoms with van der Waals surface area (Å²) in [7, 11) is 0. The summed E-state index contributed by atoms with van der Waals surface area (Å²) in [6.45, 7) is 6.52. The van der Waals surface area contributed by atoms with Gasteiger partial charge in [-0.3, -0.25) is 0 Å². The largest absolute Gasteiger partial charge is 0.494 e. The van der Waals surface area contributed by atoms with Crippen molar-refractivity contribution in [3.05, 3.63) is 59.7 Å². The minimum absolute atomic E-state index is 0.202. The smallest absolute Gasteiger partial charge is 0.404 e. The maximum absolute atomic E-state index is 10.5. The molecule has 0 saturated carbocycles. The van der Waals surface area contributed by atoms with Gasteiger partial charge in [-0.15, -0.1) is 0 Å². The zero-order valence-corrected chi connectivity index (χ0v) is 27.3.